The molecule has 0 unspecified atom stereocenters. The summed E-state index contributed by atoms with van der Waals surface area (Å²) in [6.07, 6.45) is 0. The van der Waals surface area contributed by atoms with E-state index in [0.717, 1.165) is 5.56 Å². The van der Waals surface area contributed by atoms with Crippen LogP contribution < -0.4 is 20.1 Å². The Hall–Kier alpha value is -3.75. The fourth-order valence-corrected chi connectivity index (χ4v) is 2.91. The fourth-order valence-electron chi connectivity index (χ4n) is 2.91. The van der Waals surface area contributed by atoms with Crippen LogP contribution in [0.1, 0.15) is 29.8 Å². The summed E-state index contributed by atoms with van der Waals surface area (Å²) in [5, 5.41) is 5.42. The van der Waals surface area contributed by atoms with Gasteiger partial charge in [-0.3, -0.25) is 9.59 Å². The third-order valence-electron chi connectivity index (χ3n) is 4.43. The zero-order chi connectivity index (χ0) is 23.7. The Morgan fingerprint density at radius 3 is 2.03 bits per heavy atom. The van der Waals surface area contributed by atoms with Crippen LogP contribution in [0.15, 0.2) is 42.5 Å². The van der Waals surface area contributed by atoms with Crippen LogP contribution in [-0.2, 0) is 16.1 Å². The van der Waals surface area contributed by atoms with Crippen molar-refractivity contribution in [2.24, 2.45) is 0 Å². The Morgan fingerprint density at radius 1 is 0.938 bits per heavy atom. The Bertz CT molecular complexity index is 921. The molecule has 0 fully saturated rings. The summed E-state index contributed by atoms with van der Waals surface area (Å²) in [6, 6.07) is 11.3. The second kappa shape index (κ2) is 11.6. The highest BCUT2D eigenvalue weighted by molar-refractivity contribution is 5.97. The van der Waals surface area contributed by atoms with Gasteiger partial charge < -0.3 is 29.7 Å². The largest absolute Gasteiger partial charge is 0.497 e. The molecule has 2 N–H and O–H groups in total. The van der Waals surface area contributed by atoms with Crippen molar-refractivity contribution in [3.8, 4) is 11.5 Å². The van der Waals surface area contributed by atoms with Crippen molar-refractivity contribution in [2.75, 3.05) is 33.2 Å². The number of amides is 3. The lowest BCUT2D eigenvalue weighted by Gasteiger charge is -2.22. The summed E-state index contributed by atoms with van der Waals surface area (Å²) >= 11 is 0. The van der Waals surface area contributed by atoms with Gasteiger partial charge in [-0.15, -0.1) is 0 Å². The second-order valence-electron chi connectivity index (χ2n) is 7.29. The van der Waals surface area contributed by atoms with E-state index >= 15 is 0 Å². The maximum Gasteiger partial charge on any atom is 0.325 e. The Balaban J connectivity index is 2.22. The number of ether oxygens (including phenoxy) is 3. The van der Waals surface area contributed by atoms with E-state index in [4.69, 9.17) is 14.2 Å². The normalized spacial score (nSPS) is 10.3. The lowest BCUT2D eigenvalue weighted by molar-refractivity contribution is -0.141. The summed E-state index contributed by atoms with van der Waals surface area (Å²) in [4.78, 5) is 38.3. The molecule has 32 heavy (non-hydrogen) atoms. The molecule has 2 rings (SSSR count). The number of carbonyl (C=O) groups excluding carboxylic acids is 3. The lowest BCUT2D eigenvalue weighted by Crippen LogP contribution is -2.36. The Labute approximate surface area is 187 Å². The summed E-state index contributed by atoms with van der Waals surface area (Å²) in [7, 11) is 4.34. The van der Waals surface area contributed by atoms with Crippen molar-refractivity contribution in [1.82, 2.24) is 10.2 Å². The van der Waals surface area contributed by atoms with Crippen LogP contribution in [0.5, 0.6) is 11.5 Å². The van der Waals surface area contributed by atoms with E-state index in [1.807, 2.05) is 13.8 Å². The number of nitrogens with one attached hydrogen (secondary N) is 2. The molecule has 3 amide bonds. The number of hydrogen-bond acceptors (Lipinski definition) is 6. The van der Waals surface area contributed by atoms with Crippen molar-refractivity contribution >= 4 is 23.6 Å². The lowest BCUT2D eigenvalue weighted by atomic mass is 10.1. The monoisotopic (exact) mass is 443 g/mol. The highest BCUT2D eigenvalue weighted by Gasteiger charge is 2.20. The van der Waals surface area contributed by atoms with Crippen LogP contribution in [-0.4, -0.2) is 56.7 Å². The van der Waals surface area contributed by atoms with Gasteiger partial charge in [-0.2, -0.15) is 0 Å². The maximum atomic E-state index is 13.1. The first-order valence-electron chi connectivity index (χ1n) is 10.0. The van der Waals surface area contributed by atoms with Gasteiger partial charge in [0.1, 0.15) is 18.0 Å². The number of rotatable bonds is 9. The number of urea groups is 1. The summed E-state index contributed by atoms with van der Waals surface area (Å²) in [5.41, 5.74) is 1.62. The number of benzene rings is 2. The molecule has 0 aliphatic carbocycles. The molecular formula is C23H29N3O6. The molecule has 0 atom stereocenters. The molecule has 0 aliphatic heterocycles. The highest BCUT2D eigenvalue weighted by Crippen LogP contribution is 2.24. The van der Waals surface area contributed by atoms with Crippen molar-refractivity contribution in [1.29, 1.82) is 0 Å². The Morgan fingerprint density at radius 2 is 1.53 bits per heavy atom. The minimum absolute atomic E-state index is 0.00188. The van der Waals surface area contributed by atoms with Gasteiger partial charge in [0.25, 0.3) is 5.91 Å². The molecular weight excluding hydrogens is 414 g/mol. The van der Waals surface area contributed by atoms with E-state index in [0.29, 0.717) is 22.7 Å². The number of anilines is 1. The zero-order valence-corrected chi connectivity index (χ0v) is 18.9. The SMILES string of the molecule is COC(=O)CN(Cc1cc(OC)cc(OC)c1)C(=O)c1ccc(NC(=O)NC(C)C)cc1. The minimum atomic E-state index is -0.545. The number of methoxy groups -OCH3 is 3. The molecule has 0 aliphatic rings. The smallest absolute Gasteiger partial charge is 0.325 e. The molecule has 172 valence electrons. The van der Waals surface area contributed by atoms with Gasteiger partial charge in [-0.05, 0) is 55.8 Å². The van der Waals surface area contributed by atoms with Crippen LogP contribution in [0.3, 0.4) is 0 Å². The number of hydrogen-bond donors (Lipinski definition) is 2. The molecule has 9 nitrogen and oxygen atoms in total. The van der Waals surface area contributed by atoms with Gasteiger partial charge in [0.2, 0.25) is 0 Å². The predicted molar refractivity (Wildman–Crippen MR) is 120 cm³/mol. The van der Waals surface area contributed by atoms with E-state index < -0.39 is 5.97 Å². The molecule has 2 aromatic carbocycles. The van der Waals surface area contributed by atoms with E-state index in [1.54, 1.807) is 42.5 Å². The van der Waals surface area contributed by atoms with Gasteiger partial charge in [-0.25, -0.2) is 4.79 Å². The van der Waals surface area contributed by atoms with Gasteiger partial charge in [0.05, 0.1) is 21.3 Å². The van der Waals surface area contributed by atoms with Crippen molar-refractivity contribution in [3.63, 3.8) is 0 Å². The quantitative estimate of drug-likeness (QED) is 0.577. The van der Waals surface area contributed by atoms with Crippen molar-refractivity contribution in [3.05, 3.63) is 53.6 Å². The van der Waals surface area contributed by atoms with E-state index in [2.05, 4.69) is 10.6 Å². The molecule has 0 bridgehead atoms. The first-order valence-corrected chi connectivity index (χ1v) is 10.0. The first kappa shape index (κ1) is 24.5. The molecule has 0 saturated carbocycles. The first-order chi connectivity index (χ1) is 15.2. The Kier molecular flexibility index (Phi) is 8.88. The summed E-state index contributed by atoms with van der Waals surface area (Å²) < 4.78 is 15.3. The second-order valence-corrected chi connectivity index (χ2v) is 7.29. The van der Waals surface area contributed by atoms with Crippen LogP contribution >= 0.6 is 0 Å². The summed E-state index contributed by atoms with van der Waals surface area (Å²) in [5.74, 6) is 0.229. The zero-order valence-electron chi connectivity index (χ0n) is 18.9. The van der Waals surface area contributed by atoms with E-state index in [-0.39, 0.29) is 31.1 Å². The summed E-state index contributed by atoms with van der Waals surface area (Å²) in [6.45, 7) is 3.62. The number of carbonyl (C=O) groups is 3. The van der Waals surface area contributed by atoms with Crippen molar-refractivity contribution in [2.45, 2.75) is 26.4 Å². The van der Waals surface area contributed by atoms with Crippen LogP contribution in [0, 0.1) is 0 Å². The molecule has 0 saturated heterocycles. The van der Waals surface area contributed by atoms with E-state index in [9.17, 15) is 14.4 Å². The van der Waals surface area contributed by atoms with Gasteiger partial charge in [0, 0.05) is 29.9 Å². The molecule has 0 spiro atoms. The highest BCUT2D eigenvalue weighted by atomic mass is 16.5. The third kappa shape index (κ3) is 7.19. The fraction of sp³-hybridized carbons (Fsp3) is 0.348. The van der Waals surface area contributed by atoms with Crippen LogP contribution in [0.25, 0.3) is 0 Å². The topological polar surface area (TPSA) is 106 Å². The number of nitrogens with zero attached hydrogens (tertiary/aromatic N) is 1. The van der Waals surface area contributed by atoms with Gasteiger partial charge in [0.15, 0.2) is 0 Å². The van der Waals surface area contributed by atoms with E-state index in [1.165, 1.54) is 26.2 Å². The average molecular weight is 444 g/mol. The van der Waals surface area contributed by atoms with Crippen LogP contribution in [0.4, 0.5) is 10.5 Å². The van der Waals surface area contributed by atoms with Gasteiger partial charge >= 0.3 is 12.0 Å². The third-order valence-corrected chi connectivity index (χ3v) is 4.43. The molecule has 2 aromatic rings. The van der Waals surface area contributed by atoms with Gasteiger partial charge in [-0.1, -0.05) is 0 Å². The van der Waals surface area contributed by atoms with Crippen molar-refractivity contribution < 1.29 is 28.6 Å². The molecule has 0 heterocycles. The standard InChI is InChI=1S/C23H29N3O6/c1-15(2)24-23(29)25-18-8-6-17(7-9-18)22(28)26(14-21(27)32-5)13-16-10-19(30-3)12-20(11-16)31-4/h6-12,15H,13-14H2,1-5H3,(H2,24,25,29). The predicted octanol–water partition coefficient (Wildman–Crippen LogP) is 3.05. The minimum Gasteiger partial charge on any atom is -0.497 e. The molecule has 0 radical (unpaired) electrons. The molecule has 0 aromatic heterocycles. The van der Waals surface area contributed by atoms with Crippen LogP contribution in [0.2, 0.25) is 0 Å². The number of esters is 1. The maximum absolute atomic E-state index is 13.1. The molecule has 9 heteroatoms. The average Bonchev–Trinajstić information content (AvgIpc) is 2.77.